The molecule has 1 aromatic heterocycles. The highest BCUT2D eigenvalue weighted by Crippen LogP contribution is 2.61. The van der Waals surface area contributed by atoms with Crippen molar-refractivity contribution in [3.05, 3.63) is 46.4 Å². The molecule has 172 valence electrons. The number of rotatable bonds is 8. The van der Waals surface area contributed by atoms with Crippen LogP contribution in [-0.4, -0.2) is 23.0 Å². The maximum atomic E-state index is 13.5. The van der Waals surface area contributed by atoms with Gasteiger partial charge in [0.15, 0.2) is 0 Å². The third kappa shape index (κ3) is 4.24. The van der Waals surface area contributed by atoms with E-state index in [0.29, 0.717) is 18.3 Å². The SMILES string of the molecule is Cc1sc2c(C(=O)NC3[C@@H](C/C=C\CCCC(=O)O)C[C@H]4C[C@@H]3C4(C)C)cccc2c1C. The van der Waals surface area contributed by atoms with Crippen LogP contribution in [0.3, 0.4) is 0 Å². The van der Waals surface area contributed by atoms with Gasteiger partial charge in [-0.1, -0.05) is 38.1 Å². The van der Waals surface area contributed by atoms with Crippen molar-refractivity contribution in [2.75, 3.05) is 0 Å². The molecule has 0 radical (unpaired) electrons. The minimum Gasteiger partial charge on any atom is -0.481 e. The minimum atomic E-state index is -0.734. The highest BCUT2D eigenvalue weighted by Gasteiger charge is 2.57. The molecule has 5 heteroatoms. The molecule has 0 saturated heterocycles. The van der Waals surface area contributed by atoms with Crippen LogP contribution in [0.25, 0.3) is 10.1 Å². The Balaban J connectivity index is 1.49. The van der Waals surface area contributed by atoms with Crippen LogP contribution in [0.1, 0.15) is 73.2 Å². The number of nitrogens with one attached hydrogen (secondary N) is 1. The van der Waals surface area contributed by atoms with E-state index in [1.807, 2.05) is 12.1 Å². The second-order valence-corrected chi connectivity index (χ2v) is 11.5. The molecule has 1 amide bonds. The number of carboxylic acids is 1. The van der Waals surface area contributed by atoms with Crippen LogP contribution in [0.15, 0.2) is 30.4 Å². The summed E-state index contributed by atoms with van der Waals surface area (Å²) in [5.41, 5.74) is 2.35. The average molecular weight is 454 g/mol. The highest BCUT2D eigenvalue weighted by molar-refractivity contribution is 7.19. The summed E-state index contributed by atoms with van der Waals surface area (Å²) in [5.74, 6) is 1.01. The topological polar surface area (TPSA) is 66.4 Å². The molecule has 4 atom stereocenters. The molecular formula is C27H35NO3S. The number of fused-ring (bicyclic) bond motifs is 3. The minimum absolute atomic E-state index is 0.0541. The van der Waals surface area contributed by atoms with Crippen molar-refractivity contribution in [2.45, 2.75) is 72.3 Å². The van der Waals surface area contributed by atoms with Gasteiger partial charge in [0.1, 0.15) is 0 Å². The van der Waals surface area contributed by atoms with Crippen molar-refractivity contribution in [1.82, 2.24) is 5.32 Å². The Morgan fingerprint density at radius 1 is 1.22 bits per heavy atom. The van der Waals surface area contributed by atoms with Gasteiger partial charge in [-0.3, -0.25) is 9.59 Å². The fourth-order valence-electron chi connectivity index (χ4n) is 5.90. The number of carboxylic acid groups (broad SMARTS) is 1. The zero-order valence-electron chi connectivity index (χ0n) is 19.6. The first-order valence-electron chi connectivity index (χ1n) is 11.9. The quantitative estimate of drug-likeness (QED) is 0.354. The molecule has 3 saturated carbocycles. The lowest BCUT2D eigenvalue weighted by Gasteiger charge is -2.62. The Morgan fingerprint density at radius 2 is 2.00 bits per heavy atom. The zero-order valence-corrected chi connectivity index (χ0v) is 20.4. The third-order valence-corrected chi connectivity index (χ3v) is 9.44. The molecule has 0 spiro atoms. The van der Waals surface area contributed by atoms with Gasteiger partial charge in [-0.05, 0) is 86.1 Å². The van der Waals surface area contributed by atoms with Crippen molar-refractivity contribution in [2.24, 2.45) is 23.2 Å². The molecule has 32 heavy (non-hydrogen) atoms. The van der Waals surface area contributed by atoms with E-state index in [-0.39, 0.29) is 23.8 Å². The molecule has 3 fully saturated rings. The molecule has 1 aromatic carbocycles. The molecule has 3 aliphatic carbocycles. The van der Waals surface area contributed by atoms with Crippen LogP contribution in [-0.2, 0) is 4.79 Å². The van der Waals surface area contributed by atoms with E-state index < -0.39 is 5.97 Å². The Bertz CT molecular complexity index is 1050. The maximum Gasteiger partial charge on any atom is 0.303 e. The second kappa shape index (κ2) is 9.01. The number of unbranched alkanes of at least 4 members (excludes halogenated alkanes) is 1. The smallest absolute Gasteiger partial charge is 0.303 e. The van der Waals surface area contributed by atoms with E-state index >= 15 is 0 Å². The average Bonchev–Trinajstić information content (AvgIpc) is 3.04. The molecule has 3 aliphatic rings. The lowest BCUT2D eigenvalue weighted by atomic mass is 9.44. The molecule has 2 aromatic rings. The van der Waals surface area contributed by atoms with E-state index in [1.54, 1.807) is 11.3 Å². The van der Waals surface area contributed by atoms with Gasteiger partial charge < -0.3 is 10.4 Å². The molecule has 0 aliphatic heterocycles. The summed E-state index contributed by atoms with van der Waals surface area (Å²) in [6.45, 7) is 8.97. The predicted molar refractivity (Wildman–Crippen MR) is 131 cm³/mol. The number of hydrogen-bond acceptors (Lipinski definition) is 3. The van der Waals surface area contributed by atoms with Gasteiger partial charge >= 0.3 is 5.97 Å². The van der Waals surface area contributed by atoms with Crippen molar-refractivity contribution in [3.8, 4) is 0 Å². The van der Waals surface area contributed by atoms with E-state index in [0.717, 1.165) is 35.4 Å². The normalized spacial score (nSPS) is 26.2. The maximum absolute atomic E-state index is 13.5. The van der Waals surface area contributed by atoms with Crippen molar-refractivity contribution in [1.29, 1.82) is 0 Å². The molecule has 4 nitrogen and oxygen atoms in total. The van der Waals surface area contributed by atoms with Crippen molar-refractivity contribution in [3.63, 3.8) is 0 Å². The van der Waals surface area contributed by atoms with Gasteiger partial charge in [-0.2, -0.15) is 0 Å². The Labute approximate surface area is 195 Å². The third-order valence-electron chi connectivity index (χ3n) is 8.19. The lowest BCUT2D eigenvalue weighted by molar-refractivity contribution is -0.137. The summed E-state index contributed by atoms with van der Waals surface area (Å²) in [5, 5.41) is 13.4. The summed E-state index contributed by atoms with van der Waals surface area (Å²) in [7, 11) is 0. The van der Waals surface area contributed by atoms with E-state index in [9.17, 15) is 9.59 Å². The standard InChI is InChI=1S/C27H35NO3S/c1-16-17(2)32-25-20(16)11-9-12-21(25)26(31)28-24-18(10-7-5-6-8-13-23(29)30)14-19-15-22(24)27(19,3)4/h5,7,9,11-12,18-19,22,24H,6,8,10,13-15H2,1-4H3,(H,28,31)(H,29,30)/b7-5-/t18-,19-,22-,24?/m0/s1. The van der Waals surface area contributed by atoms with E-state index in [2.05, 4.69) is 51.2 Å². The number of aliphatic carboxylic acids is 1. The molecule has 1 heterocycles. The second-order valence-electron chi connectivity index (χ2n) is 10.3. The largest absolute Gasteiger partial charge is 0.481 e. The molecule has 1 unspecified atom stereocenters. The van der Waals surface area contributed by atoms with Crippen molar-refractivity contribution < 1.29 is 14.7 Å². The number of amides is 1. The van der Waals surface area contributed by atoms with E-state index in [1.165, 1.54) is 22.2 Å². The number of carbonyl (C=O) groups is 2. The number of allylic oxidation sites excluding steroid dienone is 2. The van der Waals surface area contributed by atoms with Gasteiger partial charge in [-0.15, -0.1) is 11.3 Å². The van der Waals surface area contributed by atoms with Crippen molar-refractivity contribution >= 4 is 33.3 Å². The number of aryl methyl sites for hydroxylation is 2. The number of thiophene rings is 1. The Hall–Kier alpha value is -2.14. The summed E-state index contributed by atoms with van der Waals surface area (Å²) in [6, 6.07) is 6.26. The number of benzene rings is 1. The van der Waals surface area contributed by atoms with Gasteiger partial charge in [0.2, 0.25) is 0 Å². The summed E-state index contributed by atoms with van der Waals surface area (Å²) >= 11 is 1.72. The summed E-state index contributed by atoms with van der Waals surface area (Å²) < 4.78 is 1.09. The van der Waals surface area contributed by atoms with Crippen LogP contribution < -0.4 is 5.32 Å². The van der Waals surface area contributed by atoms with Crippen LogP contribution in [0.4, 0.5) is 0 Å². The van der Waals surface area contributed by atoms with Gasteiger partial charge in [0.05, 0.1) is 5.56 Å². The number of carbonyl (C=O) groups excluding carboxylic acids is 1. The fraction of sp³-hybridized carbons (Fsp3) is 0.556. The van der Waals surface area contributed by atoms with E-state index in [4.69, 9.17) is 5.11 Å². The molecular weight excluding hydrogens is 418 g/mol. The van der Waals surface area contributed by atoms with Crippen LogP contribution in [0.5, 0.6) is 0 Å². The lowest BCUT2D eigenvalue weighted by Crippen LogP contribution is -2.63. The summed E-state index contributed by atoms with van der Waals surface area (Å²) in [6.07, 6.45) is 9.32. The first-order chi connectivity index (χ1) is 15.2. The molecule has 5 rings (SSSR count). The first-order valence-corrected chi connectivity index (χ1v) is 12.7. The van der Waals surface area contributed by atoms with Gasteiger partial charge in [0.25, 0.3) is 5.91 Å². The number of hydrogen-bond donors (Lipinski definition) is 2. The molecule has 2 bridgehead atoms. The highest BCUT2D eigenvalue weighted by atomic mass is 32.1. The van der Waals surface area contributed by atoms with Crippen LogP contribution in [0.2, 0.25) is 0 Å². The van der Waals surface area contributed by atoms with Gasteiger partial charge in [0, 0.05) is 22.0 Å². The fourth-order valence-corrected chi connectivity index (χ4v) is 7.07. The van der Waals surface area contributed by atoms with Crippen LogP contribution >= 0.6 is 11.3 Å². The predicted octanol–water partition coefficient (Wildman–Crippen LogP) is 6.50. The van der Waals surface area contributed by atoms with Crippen LogP contribution in [0, 0.1) is 37.0 Å². The Morgan fingerprint density at radius 3 is 2.72 bits per heavy atom. The monoisotopic (exact) mass is 453 g/mol. The first kappa shape index (κ1) is 23.0. The summed E-state index contributed by atoms with van der Waals surface area (Å²) in [4.78, 5) is 25.4. The Kier molecular flexibility index (Phi) is 6.49. The van der Waals surface area contributed by atoms with Gasteiger partial charge in [-0.25, -0.2) is 0 Å². The zero-order chi connectivity index (χ0) is 23.0. The molecule has 2 N–H and O–H groups in total.